The summed E-state index contributed by atoms with van der Waals surface area (Å²) in [5.41, 5.74) is 1.75. The van der Waals surface area contributed by atoms with Gasteiger partial charge in [-0.15, -0.1) is 0 Å². The van der Waals surface area contributed by atoms with Crippen molar-refractivity contribution in [2.24, 2.45) is 4.99 Å². The highest BCUT2D eigenvalue weighted by Gasteiger charge is 2.17. The molecule has 2 rings (SSSR count). The van der Waals surface area contributed by atoms with Gasteiger partial charge >= 0.3 is 0 Å². The molecular formula is C22H39N5O2S. The van der Waals surface area contributed by atoms with E-state index in [-0.39, 0.29) is 11.8 Å². The number of sulfonamides is 1. The minimum Gasteiger partial charge on any atom is -0.356 e. The molecule has 0 spiro atoms. The quantitative estimate of drug-likeness (QED) is 0.297. The Morgan fingerprint density at radius 3 is 2.60 bits per heavy atom. The maximum atomic E-state index is 12.3. The lowest BCUT2D eigenvalue weighted by molar-refractivity contribution is 0.159. The number of likely N-dealkylation sites (tertiary alicyclic amines) is 1. The van der Waals surface area contributed by atoms with Gasteiger partial charge in [0, 0.05) is 38.8 Å². The van der Waals surface area contributed by atoms with Gasteiger partial charge in [-0.1, -0.05) is 30.7 Å². The first-order chi connectivity index (χ1) is 14.3. The summed E-state index contributed by atoms with van der Waals surface area (Å²) in [5.74, 6) is 0.711. The van der Waals surface area contributed by atoms with Crippen LogP contribution in [0.5, 0.6) is 0 Å². The fourth-order valence-corrected chi connectivity index (χ4v) is 5.35. The Labute approximate surface area is 182 Å². The fourth-order valence-electron chi connectivity index (χ4n) is 3.85. The van der Waals surface area contributed by atoms with Crippen LogP contribution in [-0.2, 0) is 22.3 Å². The summed E-state index contributed by atoms with van der Waals surface area (Å²) in [6.07, 6.45) is 5.03. The van der Waals surface area contributed by atoms with Crippen LogP contribution in [0.4, 0.5) is 0 Å². The molecule has 0 aliphatic carbocycles. The number of nitrogens with one attached hydrogen (secondary N) is 3. The maximum absolute atomic E-state index is 12.3. The topological polar surface area (TPSA) is 85.8 Å². The predicted molar refractivity (Wildman–Crippen MR) is 125 cm³/mol. The van der Waals surface area contributed by atoms with Gasteiger partial charge in [0.05, 0.1) is 5.75 Å². The van der Waals surface area contributed by atoms with Crippen molar-refractivity contribution in [2.75, 3.05) is 26.7 Å². The van der Waals surface area contributed by atoms with Crippen LogP contribution < -0.4 is 15.4 Å². The molecule has 8 heteroatoms. The molecule has 0 amide bonds. The van der Waals surface area contributed by atoms with Crippen molar-refractivity contribution in [1.29, 1.82) is 0 Å². The second-order valence-electron chi connectivity index (χ2n) is 8.39. The van der Waals surface area contributed by atoms with E-state index in [0.717, 1.165) is 36.6 Å². The lowest BCUT2D eigenvalue weighted by Crippen LogP contribution is -2.41. The zero-order valence-corrected chi connectivity index (χ0v) is 19.8. The van der Waals surface area contributed by atoms with Crippen LogP contribution in [0.25, 0.3) is 0 Å². The SMILES string of the molecule is CN=C(NCCCN1CCCCC1C)NCc1ccccc1CS(=O)(=O)NC(C)C. The number of hydrogen-bond acceptors (Lipinski definition) is 4. The van der Waals surface area contributed by atoms with E-state index >= 15 is 0 Å². The molecule has 0 aromatic heterocycles. The van der Waals surface area contributed by atoms with E-state index in [4.69, 9.17) is 0 Å². The van der Waals surface area contributed by atoms with Crippen LogP contribution >= 0.6 is 0 Å². The second-order valence-corrected chi connectivity index (χ2v) is 10.1. The number of nitrogens with zero attached hydrogens (tertiary/aromatic N) is 2. The Balaban J connectivity index is 1.82. The summed E-state index contributed by atoms with van der Waals surface area (Å²) >= 11 is 0. The van der Waals surface area contributed by atoms with Crippen molar-refractivity contribution in [3.8, 4) is 0 Å². The maximum Gasteiger partial charge on any atom is 0.216 e. The van der Waals surface area contributed by atoms with Crippen molar-refractivity contribution in [2.45, 2.75) is 70.8 Å². The minimum absolute atomic E-state index is 0.0247. The van der Waals surface area contributed by atoms with Gasteiger partial charge in [0.1, 0.15) is 0 Å². The van der Waals surface area contributed by atoms with E-state index in [9.17, 15) is 8.42 Å². The molecule has 1 heterocycles. The molecular weight excluding hydrogens is 398 g/mol. The first-order valence-corrected chi connectivity index (χ1v) is 12.7. The van der Waals surface area contributed by atoms with Crippen LogP contribution in [0.15, 0.2) is 29.3 Å². The van der Waals surface area contributed by atoms with Gasteiger partial charge in [0.25, 0.3) is 0 Å². The van der Waals surface area contributed by atoms with Gasteiger partial charge < -0.3 is 15.5 Å². The van der Waals surface area contributed by atoms with Gasteiger partial charge in [0.15, 0.2) is 5.96 Å². The van der Waals surface area contributed by atoms with E-state index in [1.54, 1.807) is 7.05 Å². The highest BCUT2D eigenvalue weighted by molar-refractivity contribution is 7.88. The zero-order valence-electron chi connectivity index (χ0n) is 18.9. The van der Waals surface area contributed by atoms with E-state index in [0.29, 0.717) is 12.6 Å². The lowest BCUT2D eigenvalue weighted by Gasteiger charge is -2.33. The first-order valence-electron chi connectivity index (χ1n) is 11.1. The summed E-state index contributed by atoms with van der Waals surface area (Å²) in [7, 11) is -1.61. The van der Waals surface area contributed by atoms with Crippen molar-refractivity contribution < 1.29 is 8.42 Å². The average molecular weight is 438 g/mol. The molecule has 1 aliphatic rings. The van der Waals surface area contributed by atoms with E-state index in [1.165, 1.54) is 25.8 Å². The third kappa shape index (κ3) is 8.62. The summed E-state index contributed by atoms with van der Waals surface area (Å²) < 4.78 is 27.3. The summed E-state index contributed by atoms with van der Waals surface area (Å²) in [6, 6.07) is 8.20. The van der Waals surface area contributed by atoms with Crippen molar-refractivity contribution >= 4 is 16.0 Å². The van der Waals surface area contributed by atoms with Crippen LogP contribution in [0.2, 0.25) is 0 Å². The minimum atomic E-state index is -3.36. The van der Waals surface area contributed by atoms with E-state index in [2.05, 4.69) is 32.2 Å². The van der Waals surface area contributed by atoms with E-state index in [1.807, 2.05) is 38.1 Å². The van der Waals surface area contributed by atoms with Gasteiger partial charge in [-0.2, -0.15) is 0 Å². The predicted octanol–water partition coefficient (Wildman–Crippen LogP) is 2.44. The third-order valence-corrected chi connectivity index (χ3v) is 6.93. The molecule has 1 fully saturated rings. The van der Waals surface area contributed by atoms with Gasteiger partial charge in [-0.3, -0.25) is 4.99 Å². The molecule has 1 aromatic carbocycles. The Bertz CT molecular complexity index is 779. The molecule has 30 heavy (non-hydrogen) atoms. The lowest BCUT2D eigenvalue weighted by atomic mass is 10.0. The molecule has 170 valence electrons. The molecule has 7 nitrogen and oxygen atoms in total. The first kappa shape index (κ1) is 24.6. The molecule has 1 atom stereocenters. The Hall–Kier alpha value is -1.64. The molecule has 0 bridgehead atoms. The van der Waals surface area contributed by atoms with Gasteiger partial charge in [0.2, 0.25) is 10.0 Å². The summed E-state index contributed by atoms with van der Waals surface area (Å²) in [5, 5.41) is 6.68. The van der Waals surface area contributed by atoms with Crippen LogP contribution in [0.3, 0.4) is 0 Å². The molecule has 1 saturated heterocycles. The Morgan fingerprint density at radius 1 is 1.20 bits per heavy atom. The van der Waals surface area contributed by atoms with Crippen LogP contribution in [0, 0.1) is 0 Å². The summed E-state index contributed by atoms with van der Waals surface area (Å²) in [6.45, 7) is 9.67. The van der Waals surface area contributed by atoms with E-state index < -0.39 is 10.0 Å². The third-order valence-electron chi connectivity index (χ3n) is 5.40. The number of benzene rings is 1. The molecule has 1 aromatic rings. The number of rotatable bonds is 10. The highest BCUT2D eigenvalue weighted by atomic mass is 32.2. The molecule has 0 saturated carbocycles. The normalized spacial score (nSPS) is 18.6. The van der Waals surface area contributed by atoms with Crippen molar-refractivity contribution in [1.82, 2.24) is 20.3 Å². The fraction of sp³-hybridized carbons (Fsp3) is 0.682. The van der Waals surface area contributed by atoms with Crippen LogP contribution in [0.1, 0.15) is 57.6 Å². The molecule has 1 unspecified atom stereocenters. The molecule has 3 N–H and O–H groups in total. The van der Waals surface area contributed by atoms with Crippen molar-refractivity contribution in [3.05, 3.63) is 35.4 Å². The summed E-state index contributed by atoms with van der Waals surface area (Å²) in [4.78, 5) is 6.87. The zero-order chi connectivity index (χ0) is 22.0. The smallest absolute Gasteiger partial charge is 0.216 e. The Morgan fingerprint density at radius 2 is 1.93 bits per heavy atom. The Kier molecular flexibility index (Phi) is 10.1. The number of guanidine groups is 1. The second kappa shape index (κ2) is 12.3. The molecule has 0 radical (unpaired) electrons. The number of piperidine rings is 1. The number of hydrogen-bond donors (Lipinski definition) is 3. The number of aliphatic imine (C=N–C) groups is 1. The van der Waals surface area contributed by atoms with Crippen LogP contribution in [-0.4, -0.2) is 58.0 Å². The molecule has 1 aliphatic heterocycles. The highest BCUT2D eigenvalue weighted by Crippen LogP contribution is 2.16. The van der Waals surface area contributed by atoms with Gasteiger partial charge in [-0.05, 0) is 57.7 Å². The standard InChI is InChI=1S/C22H39N5O2S/c1-18(2)26-30(28,29)17-21-12-6-5-11-20(21)16-25-22(23-4)24-13-9-15-27-14-8-7-10-19(27)3/h5-6,11-12,18-19,26H,7-10,13-17H2,1-4H3,(H2,23,24,25). The van der Waals surface area contributed by atoms with Crippen molar-refractivity contribution in [3.63, 3.8) is 0 Å². The largest absolute Gasteiger partial charge is 0.356 e. The van der Waals surface area contributed by atoms with Gasteiger partial charge in [-0.25, -0.2) is 13.1 Å². The monoisotopic (exact) mass is 437 g/mol. The average Bonchev–Trinajstić information content (AvgIpc) is 2.68.